The molecule has 1 aliphatic carbocycles. The van der Waals surface area contributed by atoms with Gasteiger partial charge in [0.2, 0.25) is 0 Å². The van der Waals surface area contributed by atoms with Crippen LogP contribution in [-0.2, 0) is 17.6 Å². The van der Waals surface area contributed by atoms with Crippen LogP contribution in [0.25, 0.3) is 11.0 Å². The van der Waals surface area contributed by atoms with Crippen molar-refractivity contribution in [2.45, 2.75) is 31.8 Å². The quantitative estimate of drug-likeness (QED) is 0.636. The van der Waals surface area contributed by atoms with Crippen molar-refractivity contribution in [3.05, 3.63) is 39.7 Å². The molecule has 4 rings (SSSR count). The first-order valence-corrected chi connectivity index (χ1v) is 7.14. The van der Waals surface area contributed by atoms with E-state index in [9.17, 15) is 4.79 Å². The van der Waals surface area contributed by atoms with Gasteiger partial charge in [-0.15, -0.1) is 0 Å². The van der Waals surface area contributed by atoms with Gasteiger partial charge < -0.3 is 13.9 Å². The van der Waals surface area contributed by atoms with Gasteiger partial charge in [-0.2, -0.15) is 0 Å². The Hall–Kier alpha value is -1.81. The van der Waals surface area contributed by atoms with E-state index in [1.165, 1.54) is 5.56 Å². The van der Waals surface area contributed by atoms with Crippen LogP contribution in [0.1, 0.15) is 24.0 Å². The maximum atomic E-state index is 12.0. The monoisotopic (exact) mass is 272 g/mol. The molecule has 104 valence electrons. The van der Waals surface area contributed by atoms with Crippen molar-refractivity contribution in [1.82, 2.24) is 0 Å². The molecule has 0 N–H and O–H groups in total. The molecule has 1 aromatic heterocycles. The summed E-state index contributed by atoms with van der Waals surface area (Å²) >= 11 is 0. The van der Waals surface area contributed by atoms with Crippen LogP contribution in [0.4, 0.5) is 0 Å². The van der Waals surface area contributed by atoms with Gasteiger partial charge in [0.15, 0.2) is 0 Å². The molecule has 0 radical (unpaired) electrons. The van der Waals surface area contributed by atoms with Gasteiger partial charge >= 0.3 is 5.63 Å². The van der Waals surface area contributed by atoms with E-state index in [0.29, 0.717) is 12.2 Å². The third kappa shape index (κ3) is 2.10. The van der Waals surface area contributed by atoms with Crippen molar-refractivity contribution in [3.8, 4) is 5.75 Å². The highest BCUT2D eigenvalue weighted by atomic mass is 16.6. The summed E-state index contributed by atoms with van der Waals surface area (Å²) in [6.07, 6.45) is 4.24. The first-order valence-electron chi connectivity index (χ1n) is 7.14. The Morgan fingerprint density at radius 3 is 2.80 bits per heavy atom. The molecule has 1 saturated heterocycles. The Bertz CT molecular complexity index is 712. The lowest BCUT2D eigenvalue weighted by Crippen LogP contribution is -2.15. The van der Waals surface area contributed by atoms with Crippen molar-refractivity contribution in [3.63, 3.8) is 0 Å². The minimum atomic E-state index is -0.185. The molecule has 0 spiro atoms. The molecule has 1 aliphatic heterocycles. The second-order valence-electron chi connectivity index (χ2n) is 5.48. The molecule has 2 aliphatic rings. The zero-order valence-electron chi connectivity index (χ0n) is 11.2. The van der Waals surface area contributed by atoms with Crippen LogP contribution in [0.2, 0.25) is 0 Å². The molecule has 20 heavy (non-hydrogen) atoms. The fourth-order valence-corrected chi connectivity index (χ4v) is 2.87. The van der Waals surface area contributed by atoms with E-state index in [4.69, 9.17) is 13.9 Å². The Labute approximate surface area is 116 Å². The average molecular weight is 272 g/mol. The topological polar surface area (TPSA) is 52.0 Å². The molecular weight excluding hydrogens is 256 g/mol. The van der Waals surface area contributed by atoms with Crippen LogP contribution in [0, 0.1) is 0 Å². The fourth-order valence-electron chi connectivity index (χ4n) is 2.87. The Kier molecular flexibility index (Phi) is 2.77. The maximum Gasteiger partial charge on any atom is 0.339 e. The predicted octanol–water partition coefficient (Wildman–Crippen LogP) is 2.45. The second kappa shape index (κ2) is 4.63. The van der Waals surface area contributed by atoms with E-state index in [-0.39, 0.29) is 11.7 Å². The van der Waals surface area contributed by atoms with Crippen molar-refractivity contribution in [2.75, 3.05) is 13.2 Å². The molecule has 1 aromatic carbocycles. The van der Waals surface area contributed by atoms with Crippen LogP contribution < -0.4 is 10.4 Å². The van der Waals surface area contributed by atoms with Gasteiger partial charge in [0.1, 0.15) is 24.0 Å². The van der Waals surface area contributed by atoms with Gasteiger partial charge in [-0.05, 0) is 43.4 Å². The minimum Gasteiger partial charge on any atom is -0.491 e. The summed E-state index contributed by atoms with van der Waals surface area (Å²) in [7, 11) is 0. The smallest absolute Gasteiger partial charge is 0.339 e. The van der Waals surface area contributed by atoms with Gasteiger partial charge in [0, 0.05) is 17.0 Å². The standard InChI is InChI=1S/C16H16O4/c17-16-14-4-2-1-3-12(14)13-6-5-10(7-15(13)20-16)18-8-11-9-19-11/h5-7,11H,1-4,8-9H2/t11-/m0/s1. The summed E-state index contributed by atoms with van der Waals surface area (Å²) in [4.78, 5) is 12.0. The number of hydrogen-bond donors (Lipinski definition) is 0. The van der Waals surface area contributed by atoms with E-state index in [1.807, 2.05) is 18.2 Å². The van der Waals surface area contributed by atoms with Crippen LogP contribution in [0.3, 0.4) is 0 Å². The lowest BCUT2D eigenvalue weighted by Gasteiger charge is -2.16. The molecule has 0 saturated carbocycles. The molecule has 4 nitrogen and oxygen atoms in total. The average Bonchev–Trinajstić information content (AvgIpc) is 3.29. The van der Waals surface area contributed by atoms with Crippen LogP contribution in [0.15, 0.2) is 27.4 Å². The largest absolute Gasteiger partial charge is 0.491 e. The van der Waals surface area contributed by atoms with Crippen molar-refractivity contribution >= 4 is 11.0 Å². The second-order valence-corrected chi connectivity index (χ2v) is 5.48. The minimum absolute atomic E-state index is 0.185. The number of ether oxygens (including phenoxy) is 2. The summed E-state index contributed by atoms with van der Waals surface area (Å²) in [5, 5.41) is 1.05. The number of hydrogen-bond acceptors (Lipinski definition) is 4. The molecule has 1 fully saturated rings. The zero-order valence-corrected chi connectivity index (χ0v) is 11.2. The number of benzene rings is 1. The van der Waals surface area contributed by atoms with E-state index >= 15 is 0 Å². The van der Waals surface area contributed by atoms with Crippen molar-refractivity contribution < 1.29 is 13.9 Å². The SMILES string of the molecule is O=c1oc2cc(OC[C@H]3CO3)ccc2c2c1CCCC2. The first-order chi connectivity index (χ1) is 9.81. The molecular formula is C16H16O4. The van der Waals surface area contributed by atoms with Crippen LogP contribution in [0.5, 0.6) is 5.75 Å². The van der Waals surface area contributed by atoms with Crippen LogP contribution >= 0.6 is 0 Å². The molecule has 0 amide bonds. The number of epoxide rings is 1. The number of aryl methyl sites for hydroxylation is 1. The third-order valence-electron chi connectivity index (χ3n) is 4.03. The Morgan fingerprint density at radius 2 is 2.00 bits per heavy atom. The van der Waals surface area contributed by atoms with Gasteiger partial charge in [-0.3, -0.25) is 0 Å². The predicted molar refractivity (Wildman–Crippen MR) is 74.4 cm³/mol. The molecule has 2 heterocycles. The lowest BCUT2D eigenvalue weighted by atomic mass is 9.91. The molecule has 4 heteroatoms. The van der Waals surface area contributed by atoms with E-state index < -0.39 is 0 Å². The highest BCUT2D eigenvalue weighted by Crippen LogP contribution is 2.29. The summed E-state index contributed by atoms with van der Waals surface area (Å²) in [6.45, 7) is 1.33. The number of rotatable bonds is 3. The van der Waals surface area contributed by atoms with Gasteiger partial charge in [-0.1, -0.05) is 0 Å². The fraction of sp³-hybridized carbons (Fsp3) is 0.438. The summed E-state index contributed by atoms with van der Waals surface area (Å²) in [6, 6.07) is 5.76. The van der Waals surface area contributed by atoms with Crippen molar-refractivity contribution in [2.24, 2.45) is 0 Å². The normalized spacial score (nSPS) is 20.7. The molecule has 0 bridgehead atoms. The maximum absolute atomic E-state index is 12.0. The van der Waals surface area contributed by atoms with E-state index in [0.717, 1.165) is 49.0 Å². The van der Waals surface area contributed by atoms with Gasteiger partial charge in [0.25, 0.3) is 0 Å². The van der Waals surface area contributed by atoms with Crippen molar-refractivity contribution in [1.29, 1.82) is 0 Å². The highest BCUT2D eigenvalue weighted by Gasteiger charge is 2.23. The first kappa shape index (κ1) is 12.0. The van der Waals surface area contributed by atoms with E-state index in [2.05, 4.69) is 0 Å². The summed E-state index contributed by atoms with van der Waals surface area (Å²) < 4.78 is 16.2. The van der Waals surface area contributed by atoms with Crippen LogP contribution in [-0.4, -0.2) is 19.3 Å². The Balaban J connectivity index is 1.76. The third-order valence-corrected chi connectivity index (χ3v) is 4.03. The van der Waals surface area contributed by atoms with E-state index in [1.54, 1.807) is 0 Å². The lowest BCUT2D eigenvalue weighted by molar-refractivity contribution is 0.263. The molecule has 1 atom stereocenters. The zero-order chi connectivity index (χ0) is 13.5. The highest BCUT2D eigenvalue weighted by molar-refractivity contribution is 5.82. The van der Waals surface area contributed by atoms with Gasteiger partial charge in [0.05, 0.1) is 6.61 Å². The number of fused-ring (bicyclic) bond motifs is 3. The summed E-state index contributed by atoms with van der Waals surface area (Å²) in [5.41, 5.74) is 2.48. The Morgan fingerprint density at radius 1 is 1.20 bits per heavy atom. The summed E-state index contributed by atoms with van der Waals surface area (Å²) in [5.74, 6) is 0.729. The molecule has 0 unspecified atom stereocenters. The van der Waals surface area contributed by atoms with Gasteiger partial charge in [-0.25, -0.2) is 4.79 Å². The molecule has 2 aromatic rings.